The molecule has 0 radical (unpaired) electrons. The maximum atomic E-state index is 8.92. The van der Waals surface area contributed by atoms with Crippen LogP contribution in [-0.4, -0.2) is 35.5 Å². The van der Waals surface area contributed by atoms with Crippen LogP contribution in [0.3, 0.4) is 0 Å². The van der Waals surface area contributed by atoms with E-state index in [1.807, 2.05) is 0 Å². The van der Waals surface area contributed by atoms with E-state index in [1.54, 1.807) is 0 Å². The molecular weight excluding hydrogens is 130 g/mol. The van der Waals surface area contributed by atoms with Gasteiger partial charge in [-0.15, -0.1) is 0 Å². The Hall–Kier alpha value is -0.120. The van der Waals surface area contributed by atoms with Crippen LogP contribution in [0.2, 0.25) is 0 Å². The van der Waals surface area contributed by atoms with E-state index in [0.29, 0.717) is 6.54 Å². The van der Waals surface area contributed by atoms with Gasteiger partial charge in [0.1, 0.15) is 0 Å². The molecule has 0 aliphatic heterocycles. The fraction of sp³-hybridized carbons (Fsp3) is 1.00. The molecule has 1 saturated carbocycles. The van der Waals surface area contributed by atoms with Gasteiger partial charge in [-0.05, 0) is 19.3 Å². The minimum atomic E-state index is -0.0390. The highest BCUT2D eigenvalue weighted by Gasteiger charge is 2.35. The number of nitrogens with one attached hydrogen (secondary N) is 1. The van der Waals surface area contributed by atoms with E-state index < -0.39 is 0 Å². The third kappa shape index (κ3) is 1.48. The first-order valence-electron chi connectivity index (χ1n) is 3.80. The molecule has 3 N–H and O–H groups in total. The van der Waals surface area contributed by atoms with Gasteiger partial charge in [0.25, 0.3) is 0 Å². The minimum Gasteiger partial charge on any atom is -0.395 e. The molecule has 0 spiro atoms. The molecule has 1 aliphatic carbocycles. The number of β-amino-alcohol motifs (C(OH)–C–C–N with tert-alkyl or cyclic N) is 1. The summed E-state index contributed by atoms with van der Waals surface area (Å²) >= 11 is 0. The zero-order chi connectivity index (χ0) is 7.45. The SMILES string of the molecule is OCCNC1(CO)CCC1. The second kappa shape index (κ2) is 3.32. The molecule has 0 amide bonds. The van der Waals surface area contributed by atoms with E-state index in [9.17, 15) is 0 Å². The van der Waals surface area contributed by atoms with E-state index in [1.165, 1.54) is 6.42 Å². The summed E-state index contributed by atoms with van der Waals surface area (Å²) in [7, 11) is 0. The largest absolute Gasteiger partial charge is 0.395 e. The predicted octanol–water partition coefficient (Wildman–Crippen LogP) is -0.517. The van der Waals surface area contributed by atoms with Crippen LogP contribution in [0.5, 0.6) is 0 Å². The van der Waals surface area contributed by atoms with Crippen molar-refractivity contribution in [2.75, 3.05) is 19.8 Å². The molecule has 10 heavy (non-hydrogen) atoms. The summed E-state index contributed by atoms with van der Waals surface area (Å²) in [5.41, 5.74) is -0.0390. The van der Waals surface area contributed by atoms with Crippen molar-refractivity contribution in [2.24, 2.45) is 0 Å². The smallest absolute Gasteiger partial charge is 0.0613 e. The summed E-state index contributed by atoms with van der Waals surface area (Å²) in [5.74, 6) is 0. The first-order chi connectivity index (χ1) is 4.83. The molecule has 0 aromatic rings. The lowest BCUT2D eigenvalue weighted by atomic mass is 9.77. The summed E-state index contributed by atoms with van der Waals surface area (Å²) in [6.45, 7) is 0.954. The predicted molar refractivity (Wildman–Crippen MR) is 38.8 cm³/mol. The summed E-state index contributed by atoms with van der Waals surface area (Å²) in [4.78, 5) is 0. The molecule has 60 valence electrons. The summed E-state index contributed by atoms with van der Waals surface area (Å²) in [6.07, 6.45) is 3.28. The van der Waals surface area contributed by atoms with Crippen molar-refractivity contribution in [1.29, 1.82) is 0 Å². The third-order valence-electron chi connectivity index (χ3n) is 2.23. The molecule has 0 heterocycles. The van der Waals surface area contributed by atoms with Crippen molar-refractivity contribution < 1.29 is 10.2 Å². The van der Waals surface area contributed by atoms with Crippen LogP contribution < -0.4 is 5.32 Å². The molecule has 3 nitrogen and oxygen atoms in total. The van der Waals surface area contributed by atoms with Crippen molar-refractivity contribution in [2.45, 2.75) is 24.8 Å². The zero-order valence-electron chi connectivity index (χ0n) is 6.14. The Bertz CT molecular complexity index is 96.3. The van der Waals surface area contributed by atoms with Gasteiger partial charge in [0.15, 0.2) is 0 Å². The lowest BCUT2D eigenvalue weighted by Crippen LogP contribution is -2.54. The molecule has 1 rings (SSSR count). The van der Waals surface area contributed by atoms with Crippen LogP contribution in [0.4, 0.5) is 0 Å². The molecule has 0 saturated heterocycles. The molecule has 0 unspecified atom stereocenters. The molecule has 3 heteroatoms. The van der Waals surface area contributed by atoms with Gasteiger partial charge in [0.2, 0.25) is 0 Å². The number of hydrogen-bond donors (Lipinski definition) is 3. The molecule has 0 atom stereocenters. The summed E-state index contributed by atoms with van der Waals surface area (Å²) in [5, 5.41) is 20.6. The zero-order valence-corrected chi connectivity index (χ0v) is 6.14. The van der Waals surface area contributed by atoms with E-state index >= 15 is 0 Å². The summed E-state index contributed by atoms with van der Waals surface area (Å²) in [6, 6.07) is 0. The Morgan fingerprint density at radius 2 is 2.00 bits per heavy atom. The van der Waals surface area contributed by atoms with E-state index in [4.69, 9.17) is 10.2 Å². The second-order valence-corrected chi connectivity index (χ2v) is 2.94. The number of aliphatic hydroxyl groups is 2. The molecule has 1 aliphatic rings. The highest BCUT2D eigenvalue weighted by atomic mass is 16.3. The van der Waals surface area contributed by atoms with Gasteiger partial charge in [-0.2, -0.15) is 0 Å². The molecule has 1 fully saturated rings. The molecule has 0 bridgehead atoms. The molecule has 0 aromatic heterocycles. The van der Waals surface area contributed by atoms with E-state index in [2.05, 4.69) is 5.32 Å². The van der Waals surface area contributed by atoms with Gasteiger partial charge in [0, 0.05) is 12.1 Å². The van der Waals surface area contributed by atoms with Gasteiger partial charge in [-0.25, -0.2) is 0 Å². The Labute approximate surface area is 61.1 Å². The Balaban J connectivity index is 2.20. The quantitative estimate of drug-likeness (QED) is 0.499. The standard InChI is InChI=1S/C7H15NO2/c9-5-4-8-7(6-10)2-1-3-7/h8-10H,1-6H2. The Kier molecular flexibility index (Phi) is 2.65. The van der Waals surface area contributed by atoms with Crippen LogP contribution in [0.15, 0.2) is 0 Å². The lowest BCUT2D eigenvalue weighted by molar-refractivity contribution is 0.0834. The maximum Gasteiger partial charge on any atom is 0.0613 e. The van der Waals surface area contributed by atoms with Gasteiger partial charge in [-0.3, -0.25) is 0 Å². The van der Waals surface area contributed by atoms with E-state index in [-0.39, 0.29) is 18.8 Å². The Morgan fingerprint density at radius 1 is 1.30 bits per heavy atom. The first kappa shape index (κ1) is 7.98. The van der Waals surface area contributed by atoms with Crippen molar-refractivity contribution >= 4 is 0 Å². The summed E-state index contributed by atoms with van der Waals surface area (Å²) < 4.78 is 0. The number of rotatable bonds is 4. The van der Waals surface area contributed by atoms with Gasteiger partial charge in [-0.1, -0.05) is 0 Å². The fourth-order valence-electron chi connectivity index (χ4n) is 1.32. The highest BCUT2D eigenvalue weighted by molar-refractivity contribution is 4.95. The van der Waals surface area contributed by atoms with Gasteiger partial charge in [0.05, 0.1) is 13.2 Å². The second-order valence-electron chi connectivity index (χ2n) is 2.94. The average Bonchev–Trinajstić information content (AvgIpc) is 1.87. The normalized spacial score (nSPS) is 22.2. The van der Waals surface area contributed by atoms with Crippen LogP contribution in [-0.2, 0) is 0 Å². The lowest BCUT2D eigenvalue weighted by Gasteiger charge is -2.41. The van der Waals surface area contributed by atoms with Crippen molar-refractivity contribution in [1.82, 2.24) is 5.32 Å². The van der Waals surface area contributed by atoms with Crippen LogP contribution in [0.25, 0.3) is 0 Å². The van der Waals surface area contributed by atoms with E-state index in [0.717, 1.165) is 12.8 Å². The van der Waals surface area contributed by atoms with Crippen LogP contribution in [0, 0.1) is 0 Å². The third-order valence-corrected chi connectivity index (χ3v) is 2.23. The topological polar surface area (TPSA) is 52.5 Å². The van der Waals surface area contributed by atoms with Gasteiger partial charge < -0.3 is 15.5 Å². The fourth-order valence-corrected chi connectivity index (χ4v) is 1.32. The monoisotopic (exact) mass is 145 g/mol. The first-order valence-corrected chi connectivity index (χ1v) is 3.80. The molecule has 0 aromatic carbocycles. The average molecular weight is 145 g/mol. The molecular formula is C7H15NO2. The van der Waals surface area contributed by atoms with Crippen LogP contribution >= 0.6 is 0 Å². The van der Waals surface area contributed by atoms with Crippen LogP contribution in [0.1, 0.15) is 19.3 Å². The minimum absolute atomic E-state index is 0.0390. The Morgan fingerprint density at radius 3 is 2.30 bits per heavy atom. The maximum absolute atomic E-state index is 8.92. The van der Waals surface area contributed by atoms with Crippen molar-refractivity contribution in [3.8, 4) is 0 Å². The number of hydrogen-bond acceptors (Lipinski definition) is 3. The highest BCUT2D eigenvalue weighted by Crippen LogP contribution is 2.30. The van der Waals surface area contributed by atoms with Crippen molar-refractivity contribution in [3.05, 3.63) is 0 Å². The van der Waals surface area contributed by atoms with Crippen molar-refractivity contribution in [3.63, 3.8) is 0 Å². The van der Waals surface area contributed by atoms with Gasteiger partial charge >= 0.3 is 0 Å². The number of aliphatic hydroxyl groups excluding tert-OH is 2.